The van der Waals surface area contributed by atoms with E-state index in [4.69, 9.17) is 0 Å². The molecule has 1 saturated heterocycles. The molecule has 0 spiro atoms. The molecule has 0 aromatic heterocycles. The number of piperazine rings is 1. The molecule has 1 aliphatic heterocycles. The van der Waals surface area contributed by atoms with Gasteiger partial charge in [0.15, 0.2) is 0 Å². The lowest BCUT2D eigenvalue weighted by Crippen LogP contribution is -2.54. The molecular formula is C11H25N3O. The Kier molecular flexibility index (Phi) is 4.52. The van der Waals surface area contributed by atoms with Gasteiger partial charge in [0.1, 0.15) is 0 Å². The Balaban J connectivity index is 2.24. The van der Waals surface area contributed by atoms with Crippen LogP contribution in [-0.2, 0) is 0 Å². The average molecular weight is 215 g/mol. The summed E-state index contributed by atoms with van der Waals surface area (Å²) in [6.07, 6.45) is 0. The summed E-state index contributed by atoms with van der Waals surface area (Å²) in [5.41, 5.74) is -0.612. The first-order valence-corrected chi connectivity index (χ1v) is 5.70. The molecule has 1 heterocycles. The number of likely N-dealkylation sites (N-methyl/N-ethyl adjacent to an activating group) is 2. The lowest BCUT2D eigenvalue weighted by atomic mass is 10.1. The zero-order valence-corrected chi connectivity index (χ0v) is 10.5. The van der Waals surface area contributed by atoms with Gasteiger partial charge >= 0.3 is 0 Å². The fourth-order valence-electron chi connectivity index (χ4n) is 1.87. The summed E-state index contributed by atoms with van der Waals surface area (Å²) in [6.45, 7) is 8.65. The van der Waals surface area contributed by atoms with Gasteiger partial charge in [0.05, 0.1) is 5.60 Å². The van der Waals surface area contributed by atoms with Gasteiger partial charge in [-0.25, -0.2) is 0 Å². The van der Waals surface area contributed by atoms with Gasteiger partial charge < -0.3 is 15.3 Å². The smallest absolute Gasteiger partial charge is 0.0715 e. The number of hydrogen-bond donors (Lipinski definition) is 2. The molecule has 1 aliphatic rings. The molecule has 0 aromatic rings. The van der Waals surface area contributed by atoms with Crippen molar-refractivity contribution in [2.75, 3.05) is 46.8 Å². The van der Waals surface area contributed by atoms with Gasteiger partial charge in [-0.2, -0.15) is 0 Å². The van der Waals surface area contributed by atoms with Crippen LogP contribution < -0.4 is 5.32 Å². The molecule has 0 saturated carbocycles. The fraction of sp³-hybridized carbons (Fsp3) is 1.00. The van der Waals surface area contributed by atoms with Crippen molar-refractivity contribution in [1.29, 1.82) is 0 Å². The summed E-state index contributed by atoms with van der Waals surface area (Å²) in [5.74, 6) is 0. The van der Waals surface area contributed by atoms with Crippen molar-refractivity contribution >= 4 is 0 Å². The van der Waals surface area contributed by atoms with E-state index < -0.39 is 5.60 Å². The molecule has 4 heteroatoms. The monoisotopic (exact) mass is 215 g/mol. The lowest BCUT2D eigenvalue weighted by molar-refractivity contribution is 0.0705. The van der Waals surface area contributed by atoms with Crippen LogP contribution in [0.5, 0.6) is 0 Å². The molecule has 2 N–H and O–H groups in total. The Morgan fingerprint density at radius 1 is 1.33 bits per heavy atom. The second-order valence-corrected chi connectivity index (χ2v) is 5.34. The summed E-state index contributed by atoms with van der Waals surface area (Å²) in [5, 5.41) is 12.9. The number of rotatable bonds is 4. The maximum Gasteiger partial charge on any atom is 0.0715 e. The largest absolute Gasteiger partial charge is 0.389 e. The van der Waals surface area contributed by atoms with Gasteiger partial charge in [-0.05, 0) is 27.9 Å². The zero-order chi connectivity index (χ0) is 11.5. The van der Waals surface area contributed by atoms with Gasteiger partial charge in [0.25, 0.3) is 0 Å². The van der Waals surface area contributed by atoms with Crippen molar-refractivity contribution in [3.05, 3.63) is 0 Å². The van der Waals surface area contributed by atoms with Crippen LogP contribution in [0.25, 0.3) is 0 Å². The van der Waals surface area contributed by atoms with Crippen LogP contribution >= 0.6 is 0 Å². The second kappa shape index (κ2) is 5.25. The van der Waals surface area contributed by atoms with E-state index in [2.05, 4.69) is 29.2 Å². The molecule has 1 fully saturated rings. The van der Waals surface area contributed by atoms with Crippen molar-refractivity contribution in [1.82, 2.24) is 15.1 Å². The minimum absolute atomic E-state index is 0.561. The van der Waals surface area contributed by atoms with Crippen molar-refractivity contribution in [2.45, 2.75) is 25.5 Å². The van der Waals surface area contributed by atoms with Crippen LogP contribution in [0, 0.1) is 0 Å². The molecule has 90 valence electrons. The molecule has 0 bridgehead atoms. The Morgan fingerprint density at radius 2 is 2.00 bits per heavy atom. The minimum Gasteiger partial charge on any atom is -0.389 e. The quantitative estimate of drug-likeness (QED) is 0.669. The lowest BCUT2D eigenvalue weighted by Gasteiger charge is -2.38. The molecule has 1 rings (SSSR count). The summed E-state index contributed by atoms with van der Waals surface area (Å²) in [6, 6.07) is 0.561. The molecule has 15 heavy (non-hydrogen) atoms. The third-order valence-electron chi connectivity index (χ3n) is 2.92. The maximum absolute atomic E-state index is 9.58. The second-order valence-electron chi connectivity index (χ2n) is 5.34. The van der Waals surface area contributed by atoms with E-state index >= 15 is 0 Å². The number of hydrogen-bond acceptors (Lipinski definition) is 4. The Hall–Kier alpha value is -0.160. The molecule has 4 nitrogen and oxygen atoms in total. The van der Waals surface area contributed by atoms with Crippen molar-refractivity contribution in [3.8, 4) is 0 Å². The first kappa shape index (κ1) is 12.9. The summed E-state index contributed by atoms with van der Waals surface area (Å²) < 4.78 is 0. The Bertz CT molecular complexity index is 191. The molecule has 0 radical (unpaired) electrons. The number of nitrogens with zero attached hydrogens (tertiary/aromatic N) is 2. The SMILES string of the molecule is CN1CCN(C)C(CNCC(C)(C)O)C1. The van der Waals surface area contributed by atoms with Gasteiger partial charge in [-0.3, -0.25) is 4.90 Å². The number of aliphatic hydroxyl groups is 1. The molecule has 0 aliphatic carbocycles. The predicted octanol–water partition coefficient (Wildman–Crippen LogP) is -0.407. The maximum atomic E-state index is 9.58. The van der Waals surface area contributed by atoms with Crippen molar-refractivity contribution in [3.63, 3.8) is 0 Å². The first-order chi connectivity index (χ1) is 6.88. The van der Waals surface area contributed by atoms with E-state index in [9.17, 15) is 5.11 Å². The van der Waals surface area contributed by atoms with Gasteiger partial charge in [0.2, 0.25) is 0 Å². The van der Waals surface area contributed by atoms with Crippen LogP contribution in [0.4, 0.5) is 0 Å². The van der Waals surface area contributed by atoms with Crippen LogP contribution in [0.15, 0.2) is 0 Å². The highest BCUT2D eigenvalue weighted by molar-refractivity contribution is 4.81. The van der Waals surface area contributed by atoms with Gasteiger partial charge in [-0.15, -0.1) is 0 Å². The van der Waals surface area contributed by atoms with E-state index in [1.807, 2.05) is 13.8 Å². The van der Waals surface area contributed by atoms with Crippen LogP contribution in [0.3, 0.4) is 0 Å². The van der Waals surface area contributed by atoms with Gasteiger partial charge in [-0.1, -0.05) is 0 Å². The van der Waals surface area contributed by atoms with E-state index in [1.54, 1.807) is 0 Å². The Morgan fingerprint density at radius 3 is 2.60 bits per heavy atom. The average Bonchev–Trinajstić information content (AvgIpc) is 2.09. The van der Waals surface area contributed by atoms with E-state index in [-0.39, 0.29) is 0 Å². The van der Waals surface area contributed by atoms with E-state index in [1.165, 1.54) is 0 Å². The van der Waals surface area contributed by atoms with Crippen LogP contribution in [-0.4, -0.2) is 73.4 Å². The molecule has 0 amide bonds. The standard InChI is InChI=1S/C11H25N3O/c1-11(2,15)9-12-7-10-8-13(3)5-6-14(10)4/h10,12,15H,5-9H2,1-4H3. The molecule has 0 aromatic carbocycles. The van der Waals surface area contributed by atoms with Crippen LogP contribution in [0.2, 0.25) is 0 Å². The van der Waals surface area contributed by atoms with E-state index in [0.717, 1.165) is 26.2 Å². The van der Waals surface area contributed by atoms with Crippen LogP contribution in [0.1, 0.15) is 13.8 Å². The highest BCUT2D eigenvalue weighted by atomic mass is 16.3. The van der Waals surface area contributed by atoms with Crippen molar-refractivity contribution < 1.29 is 5.11 Å². The highest BCUT2D eigenvalue weighted by Gasteiger charge is 2.22. The minimum atomic E-state index is -0.612. The first-order valence-electron chi connectivity index (χ1n) is 5.70. The number of nitrogens with one attached hydrogen (secondary N) is 1. The van der Waals surface area contributed by atoms with Crippen molar-refractivity contribution in [2.24, 2.45) is 0 Å². The third-order valence-corrected chi connectivity index (χ3v) is 2.92. The Labute approximate surface area is 93.2 Å². The van der Waals surface area contributed by atoms with Gasteiger partial charge in [0, 0.05) is 38.8 Å². The predicted molar refractivity (Wildman–Crippen MR) is 63.1 cm³/mol. The molecule has 1 atom stereocenters. The summed E-state index contributed by atoms with van der Waals surface area (Å²) >= 11 is 0. The molecular weight excluding hydrogens is 190 g/mol. The molecule has 1 unspecified atom stereocenters. The summed E-state index contributed by atoms with van der Waals surface area (Å²) in [4.78, 5) is 4.74. The summed E-state index contributed by atoms with van der Waals surface area (Å²) in [7, 11) is 4.33. The highest BCUT2D eigenvalue weighted by Crippen LogP contribution is 2.05. The van der Waals surface area contributed by atoms with E-state index in [0.29, 0.717) is 12.6 Å². The topological polar surface area (TPSA) is 38.7 Å². The third kappa shape index (κ3) is 4.93. The normalized spacial score (nSPS) is 25.8. The zero-order valence-electron chi connectivity index (χ0n) is 10.5. The fourth-order valence-corrected chi connectivity index (χ4v) is 1.87.